The largest absolute Gasteiger partial charge is 0.395 e. The molecular formula is C14H23NO. The number of hydrogen-bond acceptors (Lipinski definition) is 2. The van der Waals surface area contributed by atoms with Gasteiger partial charge in [-0.05, 0) is 39.2 Å². The molecule has 0 fully saturated rings. The Hall–Kier alpha value is -0.860. The van der Waals surface area contributed by atoms with E-state index in [2.05, 4.69) is 43.4 Å². The highest BCUT2D eigenvalue weighted by molar-refractivity contribution is 5.22. The van der Waals surface area contributed by atoms with Crippen molar-refractivity contribution in [3.63, 3.8) is 0 Å². The van der Waals surface area contributed by atoms with E-state index < -0.39 is 0 Å². The van der Waals surface area contributed by atoms with Crippen LogP contribution in [0.2, 0.25) is 0 Å². The van der Waals surface area contributed by atoms with Gasteiger partial charge in [-0.2, -0.15) is 0 Å². The van der Waals surface area contributed by atoms with Crippen LogP contribution in [0, 0.1) is 6.92 Å². The fourth-order valence-corrected chi connectivity index (χ4v) is 1.87. The Morgan fingerprint density at radius 1 is 1.25 bits per heavy atom. The van der Waals surface area contributed by atoms with E-state index in [1.807, 2.05) is 6.92 Å². The van der Waals surface area contributed by atoms with E-state index in [4.69, 9.17) is 5.11 Å². The summed E-state index contributed by atoms with van der Waals surface area (Å²) in [6.07, 6.45) is 2.20. The lowest BCUT2D eigenvalue weighted by atomic mass is 10.0. The van der Waals surface area contributed by atoms with E-state index in [1.165, 1.54) is 11.1 Å². The molecule has 0 amide bonds. The third kappa shape index (κ3) is 4.77. The zero-order valence-corrected chi connectivity index (χ0v) is 10.5. The van der Waals surface area contributed by atoms with Crippen molar-refractivity contribution < 1.29 is 5.11 Å². The summed E-state index contributed by atoms with van der Waals surface area (Å²) < 4.78 is 0. The maximum absolute atomic E-state index is 8.94. The quantitative estimate of drug-likeness (QED) is 0.772. The van der Waals surface area contributed by atoms with Gasteiger partial charge in [-0.1, -0.05) is 29.8 Å². The van der Waals surface area contributed by atoms with Crippen LogP contribution >= 0.6 is 0 Å². The van der Waals surface area contributed by atoms with Crippen LogP contribution in [0.25, 0.3) is 0 Å². The summed E-state index contributed by atoms with van der Waals surface area (Å²) in [6, 6.07) is 9.28. The first-order chi connectivity index (χ1) is 7.61. The average molecular weight is 221 g/mol. The monoisotopic (exact) mass is 221 g/mol. The van der Waals surface area contributed by atoms with Gasteiger partial charge in [-0.25, -0.2) is 0 Å². The van der Waals surface area contributed by atoms with Crippen molar-refractivity contribution in [2.24, 2.45) is 0 Å². The van der Waals surface area contributed by atoms with Crippen molar-refractivity contribution in [2.75, 3.05) is 6.61 Å². The Balaban J connectivity index is 2.34. The molecule has 0 spiro atoms. The maximum Gasteiger partial charge on any atom is 0.0582 e. The topological polar surface area (TPSA) is 32.3 Å². The van der Waals surface area contributed by atoms with Gasteiger partial charge in [0.1, 0.15) is 0 Å². The van der Waals surface area contributed by atoms with Crippen LogP contribution < -0.4 is 5.32 Å². The summed E-state index contributed by atoms with van der Waals surface area (Å²) >= 11 is 0. The van der Waals surface area contributed by atoms with E-state index >= 15 is 0 Å². The minimum absolute atomic E-state index is 0.188. The van der Waals surface area contributed by atoms with Gasteiger partial charge in [-0.3, -0.25) is 0 Å². The van der Waals surface area contributed by atoms with Crippen molar-refractivity contribution in [2.45, 2.75) is 45.7 Å². The number of hydrogen-bond donors (Lipinski definition) is 2. The molecule has 0 radical (unpaired) electrons. The Morgan fingerprint density at radius 3 is 2.62 bits per heavy atom. The van der Waals surface area contributed by atoms with Gasteiger partial charge >= 0.3 is 0 Å². The summed E-state index contributed by atoms with van der Waals surface area (Å²) in [5, 5.41) is 12.3. The molecule has 1 unspecified atom stereocenters. The second kappa shape index (κ2) is 6.66. The molecule has 0 aromatic heterocycles. The highest BCUT2D eigenvalue weighted by atomic mass is 16.3. The van der Waals surface area contributed by atoms with Crippen molar-refractivity contribution in [1.82, 2.24) is 5.32 Å². The van der Waals surface area contributed by atoms with Crippen LogP contribution in [-0.4, -0.2) is 23.8 Å². The Bertz CT molecular complexity index is 311. The molecule has 1 aromatic rings. The molecule has 0 heterocycles. The van der Waals surface area contributed by atoms with Crippen molar-refractivity contribution in [3.8, 4) is 0 Å². The minimum atomic E-state index is 0.188. The van der Waals surface area contributed by atoms with Crippen molar-refractivity contribution in [1.29, 1.82) is 0 Å². The lowest BCUT2D eigenvalue weighted by molar-refractivity contribution is 0.241. The first kappa shape index (κ1) is 13.2. The van der Waals surface area contributed by atoms with Crippen LogP contribution in [0.15, 0.2) is 24.3 Å². The predicted molar refractivity (Wildman–Crippen MR) is 68.6 cm³/mol. The van der Waals surface area contributed by atoms with E-state index in [0.29, 0.717) is 6.04 Å². The second-order valence-electron chi connectivity index (χ2n) is 4.68. The lowest BCUT2D eigenvalue weighted by Crippen LogP contribution is -2.36. The molecule has 0 saturated heterocycles. The van der Waals surface area contributed by atoms with Gasteiger partial charge < -0.3 is 10.4 Å². The first-order valence-corrected chi connectivity index (χ1v) is 6.04. The average Bonchev–Trinajstić information content (AvgIpc) is 2.26. The van der Waals surface area contributed by atoms with Crippen LogP contribution in [-0.2, 0) is 6.42 Å². The summed E-state index contributed by atoms with van der Waals surface area (Å²) in [7, 11) is 0. The van der Waals surface area contributed by atoms with E-state index in [9.17, 15) is 0 Å². The third-order valence-corrected chi connectivity index (χ3v) is 2.79. The van der Waals surface area contributed by atoms with Crippen LogP contribution in [0.3, 0.4) is 0 Å². The number of aryl methyl sites for hydroxylation is 2. The highest BCUT2D eigenvalue weighted by Crippen LogP contribution is 2.08. The molecule has 0 aliphatic rings. The molecule has 1 aromatic carbocycles. The number of benzene rings is 1. The number of nitrogens with one attached hydrogen (secondary N) is 1. The van der Waals surface area contributed by atoms with Gasteiger partial charge in [0.15, 0.2) is 0 Å². The van der Waals surface area contributed by atoms with Crippen LogP contribution in [0.5, 0.6) is 0 Å². The van der Waals surface area contributed by atoms with E-state index in [0.717, 1.165) is 12.8 Å². The standard InChI is InChI=1S/C14H23NO/c1-11-5-4-6-14(9-11)8-7-12(2)15-13(3)10-16/h4-6,9,12-13,15-16H,7-8,10H2,1-3H3/t12?,13-/m1/s1. The van der Waals surface area contributed by atoms with Gasteiger partial charge in [0.05, 0.1) is 6.61 Å². The van der Waals surface area contributed by atoms with Gasteiger partial charge in [0.25, 0.3) is 0 Å². The maximum atomic E-state index is 8.94. The Labute approximate surface area is 98.7 Å². The van der Waals surface area contributed by atoms with Crippen LogP contribution in [0.4, 0.5) is 0 Å². The summed E-state index contributed by atoms with van der Waals surface area (Å²) in [5.74, 6) is 0. The van der Waals surface area contributed by atoms with E-state index in [-0.39, 0.29) is 12.6 Å². The molecule has 0 aliphatic carbocycles. The zero-order chi connectivity index (χ0) is 12.0. The number of aliphatic hydroxyl groups is 1. The van der Waals surface area contributed by atoms with Crippen molar-refractivity contribution in [3.05, 3.63) is 35.4 Å². The summed E-state index contributed by atoms with van der Waals surface area (Å²) in [6.45, 7) is 6.50. The van der Waals surface area contributed by atoms with Gasteiger partial charge in [0, 0.05) is 12.1 Å². The van der Waals surface area contributed by atoms with Crippen LogP contribution in [0.1, 0.15) is 31.4 Å². The molecule has 0 aliphatic heterocycles. The highest BCUT2D eigenvalue weighted by Gasteiger charge is 2.06. The summed E-state index contributed by atoms with van der Waals surface area (Å²) in [5.41, 5.74) is 2.71. The van der Waals surface area contributed by atoms with E-state index in [1.54, 1.807) is 0 Å². The molecule has 2 nitrogen and oxygen atoms in total. The lowest BCUT2D eigenvalue weighted by Gasteiger charge is -2.18. The zero-order valence-electron chi connectivity index (χ0n) is 10.5. The smallest absolute Gasteiger partial charge is 0.0582 e. The fraction of sp³-hybridized carbons (Fsp3) is 0.571. The molecule has 2 N–H and O–H groups in total. The fourth-order valence-electron chi connectivity index (χ4n) is 1.87. The molecule has 2 atom stereocenters. The normalized spacial score (nSPS) is 14.8. The third-order valence-electron chi connectivity index (χ3n) is 2.79. The first-order valence-electron chi connectivity index (χ1n) is 6.04. The predicted octanol–water partition coefficient (Wildman–Crippen LogP) is 2.29. The summed E-state index contributed by atoms with van der Waals surface area (Å²) in [4.78, 5) is 0. The molecule has 90 valence electrons. The second-order valence-corrected chi connectivity index (χ2v) is 4.68. The molecule has 2 heteroatoms. The number of aliphatic hydroxyl groups excluding tert-OH is 1. The molecule has 16 heavy (non-hydrogen) atoms. The molecule has 0 bridgehead atoms. The van der Waals surface area contributed by atoms with Crippen molar-refractivity contribution >= 4 is 0 Å². The Morgan fingerprint density at radius 2 is 2.00 bits per heavy atom. The molecular weight excluding hydrogens is 198 g/mol. The Kier molecular flexibility index (Phi) is 5.50. The number of rotatable bonds is 6. The van der Waals surface area contributed by atoms with Gasteiger partial charge in [0.2, 0.25) is 0 Å². The molecule has 1 rings (SSSR count). The van der Waals surface area contributed by atoms with Gasteiger partial charge in [-0.15, -0.1) is 0 Å². The SMILES string of the molecule is Cc1cccc(CCC(C)N[C@H](C)CO)c1. The minimum Gasteiger partial charge on any atom is -0.395 e. The molecule has 0 saturated carbocycles.